The third-order valence-corrected chi connectivity index (χ3v) is 7.33. The molecule has 0 fully saturated rings. The van der Waals surface area contributed by atoms with Crippen LogP contribution in [0.3, 0.4) is 0 Å². The molecule has 3 aromatic carbocycles. The van der Waals surface area contributed by atoms with E-state index >= 15 is 0 Å². The Morgan fingerprint density at radius 2 is 1.48 bits per heavy atom. The summed E-state index contributed by atoms with van der Waals surface area (Å²) in [5.74, 6) is 0.435. The zero-order valence-corrected chi connectivity index (χ0v) is 26.2. The molecular formula is C38H41N2O4+. The van der Waals surface area contributed by atoms with E-state index in [4.69, 9.17) is 14.6 Å². The van der Waals surface area contributed by atoms with E-state index in [1.165, 1.54) is 28.2 Å². The van der Waals surface area contributed by atoms with Crippen molar-refractivity contribution >= 4 is 36.0 Å². The number of hydrogen-bond acceptors (Lipinski definition) is 4. The molecule has 1 N–H and O–H groups in total. The van der Waals surface area contributed by atoms with Crippen LogP contribution in [0, 0.1) is 13.8 Å². The Kier molecular flexibility index (Phi) is 11.1. The standard InChI is InChI=1S/C38H40N2O4/c1-28-25-32(14-13-30-15-19-35(20-16-30)39(3)4)26-29(2)40(28)23-24-44-36-21-17-31(27-37(36)43-5)9-8-12-33-10-6-7-11-34(33)18-22-38(41)42/h6-8,10-22,25-27H,9,23-24H2,1-5H3/p+1/b12-8+,22-18+. The van der Waals surface area contributed by atoms with Gasteiger partial charge >= 0.3 is 5.97 Å². The van der Waals surface area contributed by atoms with Crippen LogP contribution < -0.4 is 18.9 Å². The average Bonchev–Trinajstić information content (AvgIpc) is 3.01. The predicted octanol–water partition coefficient (Wildman–Crippen LogP) is 7.27. The third-order valence-electron chi connectivity index (χ3n) is 7.33. The molecule has 226 valence electrons. The van der Waals surface area contributed by atoms with E-state index in [1.54, 1.807) is 13.2 Å². The van der Waals surface area contributed by atoms with Gasteiger partial charge in [0.25, 0.3) is 0 Å². The highest BCUT2D eigenvalue weighted by Gasteiger charge is 2.13. The van der Waals surface area contributed by atoms with Crippen LogP contribution in [0.5, 0.6) is 11.5 Å². The van der Waals surface area contributed by atoms with Crippen molar-refractivity contribution in [2.75, 3.05) is 32.7 Å². The van der Waals surface area contributed by atoms with Gasteiger partial charge in [0.1, 0.15) is 6.61 Å². The predicted molar refractivity (Wildman–Crippen MR) is 180 cm³/mol. The summed E-state index contributed by atoms with van der Waals surface area (Å²) in [6.07, 6.45) is 11.8. The van der Waals surface area contributed by atoms with Crippen molar-refractivity contribution in [2.45, 2.75) is 26.8 Å². The number of carbonyl (C=O) groups is 1. The molecule has 0 saturated carbocycles. The highest BCUT2D eigenvalue weighted by Crippen LogP contribution is 2.28. The fourth-order valence-electron chi connectivity index (χ4n) is 4.99. The normalized spacial score (nSPS) is 11.5. The van der Waals surface area contributed by atoms with E-state index in [-0.39, 0.29) is 0 Å². The molecule has 0 radical (unpaired) electrons. The van der Waals surface area contributed by atoms with E-state index in [9.17, 15) is 4.79 Å². The Morgan fingerprint density at radius 3 is 2.11 bits per heavy atom. The number of methoxy groups -OCH3 is 1. The maximum Gasteiger partial charge on any atom is 0.328 e. The molecule has 0 unspecified atom stereocenters. The summed E-state index contributed by atoms with van der Waals surface area (Å²) in [4.78, 5) is 13.0. The van der Waals surface area contributed by atoms with E-state index in [0.717, 1.165) is 29.3 Å². The number of anilines is 1. The number of nitrogens with zero attached hydrogens (tertiary/aromatic N) is 2. The number of carboxylic acid groups (broad SMARTS) is 1. The van der Waals surface area contributed by atoms with Gasteiger partial charge < -0.3 is 19.5 Å². The molecule has 6 nitrogen and oxygen atoms in total. The lowest BCUT2D eigenvalue weighted by atomic mass is 10.0. The number of pyridine rings is 1. The summed E-state index contributed by atoms with van der Waals surface area (Å²) in [5.41, 5.74) is 8.76. The smallest absolute Gasteiger partial charge is 0.328 e. The van der Waals surface area contributed by atoms with Gasteiger partial charge in [-0.05, 0) is 64.6 Å². The van der Waals surface area contributed by atoms with Gasteiger partial charge in [0.05, 0.1) is 7.11 Å². The van der Waals surface area contributed by atoms with Crippen molar-refractivity contribution in [1.82, 2.24) is 0 Å². The van der Waals surface area contributed by atoms with Gasteiger partial charge in [0.15, 0.2) is 29.4 Å². The summed E-state index contributed by atoms with van der Waals surface area (Å²) in [6.45, 7) is 5.48. The van der Waals surface area contributed by atoms with Crippen molar-refractivity contribution in [3.63, 3.8) is 0 Å². The van der Waals surface area contributed by atoms with Gasteiger partial charge in [-0.2, -0.15) is 4.57 Å². The zero-order valence-electron chi connectivity index (χ0n) is 26.2. The third kappa shape index (κ3) is 8.95. The summed E-state index contributed by atoms with van der Waals surface area (Å²) in [5, 5.41) is 8.95. The van der Waals surface area contributed by atoms with Crippen LogP contribution in [0.15, 0.2) is 91.0 Å². The molecule has 0 saturated heterocycles. The quantitative estimate of drug-likeness (QED) is 0.131. The van der Waals surface area contributed by atoms with Crippen LogP contribution in [-0.2, 0) is 17.8 Å². The van der Waals surface area contributed by atoms with Crippen molar-refractivity contribution in [2.24, 2.45) is 0 Å². The summed E-state index contributed by atoms with van der Waals surface area (Å²) in [7, 11) is 5.74. The minimum atomic E-state index is -0.967. The van der Waals surface area contributed by atoms with Crippen molar-refractivity contribution < 1.29 is 23.9 Å². The fraction of sp³-hybridized carbons (Fsp3) is 0.211. The van der Waals surface area contributed by atoms with Crippen LogP contribution in [0.1, 0.15) is 39.2 Å². The van der Waals surface area contributed by atoms with Gasteiger partial charge in [0.2, 0.25) is 0 Å². The largest absolute Gasteiger partial charge is 0.493 e. The first-order chi connectivity index (χ1) is 21.2. The summed E-state index contributed by atoms with van der Waals surface area (Å²) in [6, 6.07) is 26.6. The van der Waals surface area contributed by atoms with Crippen molar-refractivity contribution in [3.05, 3.63) is 130 Å². The molecule has 0 atom stereocenters. The molecule has 0 spiro atoms. The summed E-state index contributed by atoms with van der Waals surface area (Å²) >= 11 is 0. The van der Waals surface area contributed by atoms with E-state index in [1.807, 2.05) is 62.6 Å². The van der Waals surface area contributed by atoms with Gasteiger partial charge in [-0.15, -0.1) is 0 Å². The van der Waals surface area contributed by atoms with E-state index in [2.05, 4.69) is 77.9 Å². The first kappa shape index (κ1) is 31.8. The van der Waals surface area contributed by atoms with Crippen LogP contribution >= 0.6 is 0 Å². The lowest BCUT2D eigenvalue weighted by Crippen LogP contribution is -2.42. The maximum atomic E-state index is 10.9. The molecule has 0 aliphatic heterocycles. The number of rotatable bonds is 13. The highest BCUT2D eigenvalue weighted by molar-refractivity contribution is 5.86. The lowest BCUT2D eigenvalue weighted by molar-refractivity contribution is -0.709. The van der Waals surface area contributed by atoms with E-state index < -0.39 is 5.97 Å². The molecule has 0 bridgehead atoms. The number of hydrogen-bond donors (Lipinski definition) is 1. The molecule has 1 aromatic heterocycles. The number of aryl methyl sites for hydroxylation is 2. The Labute approximate surface area is 260 Å². The SMILES string of the molecule is COc1cc(C/C=C/c2ccccc2/C=C/C(=O)O)ccc1OCC[n+]1c(C)cc(/C=C/c2ccc(N(C)C)cc2)cc1C. The van der Waals surface area contributed by atoms with Crippen molar-refractivity contribution in [3.8, 4) is 11.5 Å². The van der Waals surface area contributed by atoms with Crippen LogP contribution in [0.25, 0.3) is 24.3 Å². The van der Waals surface area contributed by atoms with Crippen LogP contribution in [0.4, 0.5) is 5.69 Å². The second-order valence-electron chi connectivity index (χ2n) is 10.8. The minimum Gasteiger partial charge on any atom is -0.493 e. The topological polar surface area (TPSA) is 62.9 Å². The number of benzene rings is 3. The number of aromatic nitrogens is 1. The monoisotopic (exact) mass is 589 g/mol. The molecule has 6 heteroatoms. The number of carboxylic acids is 1. The molecule has 0 aliphatic carbocycles. The Morgan fingerprint density at radius 1 is 0.818 bits per heavy atom. The molecule has 4 rings (SSSR count). The minimum absolute atomic E-state index is 0.510. The second kappa shape index (κ2) is 15.4. The number of allylic oxidation sites excluding steroid dienone is 1. The van der Waals surface area contributed by atoms with Gasteiger partial charge in [-0.1, -0.05) is 66.8 Å². The molecule has 1 heterocycles. The first-order valence-corrected chi connectivity index (χ1v) is 14.7. The molecular weight excluding hydrogens is 548 g/mol. The zero-order chi connectivity index (χ0) is 31.5. The first-order valence-electron chi connectivity index (χ1n) is 14.7. The Balaban J connectivity index is 1.35. The van der Waals surface area contributed by atoms with Crippen LogP contribution in [0.2, 0.25) is 0 Å². The summed E-state index contributed by atoms with van der Waals surface area (Å²) < 4.78 is 14.1. The van der Waals surface area contributed by atoms with E-state index in [0.29, 0.717) is 24.5 Å². The highest BCUT2D eigenvalue weighted by atomic mass is 16.5. The van der Waals surface area contributed by atoms with Gasteiger partial charge in [-0.3, -0.25) is 0 Å². The fourth-order valence-corrected chi connectivity index (χ4v) is 4.99. The number of ether oxygens (including phenoxy) is 2. The van der Waals surface area contributed by atoms with Gasteiger partial charge in [0, 0.05) is 51.8 Å². The maximum absolute atomic E-state index is 10.9. The Hall–Kier alpha value is -5.10. The van der Waals surface area contributed by atoms with Crippen LogP contribution in [-0.4, -0.2) is 38.9 Å². The lowest BCUT2D eigenvalue weighted by Gasteiger charge is -2.12. The number of aliphatic carboxylic acids is 1. The van der Waals surface area contributed by atoms with Gasteiger partial charge in [-0.25, -0.2) is 4.79 Å². The second-order valence-corrected chi connectivity index (χ2v) is 10.8. The Bertz CT molecular complexity index is 1640. The molecule has 0 amide bonds. The average molecular weight is 590 g/mol. The molecule has 0 aliphatic rings. The molecule has 4 aromatic rings. The molecule has 44 heavy (non-hydrogen) atoms. The van der Waals surface area contributed by atoms with Crippen molar-refractivity contribution in [1.29, 1.82) is 0 Å².